The summed E-state index contributed by atoms with van der Waals surface area (Å²) in [5.74, 6) is 0. The van der Waals surface area contributed by atoms with E-state index in [1.807, 2.05) is 0 Å². The standard InChI is InChI=1S/C32H66N/c1-4-7-9-11-13-15-17-19-21-23-25-27-29-31-33(6-3)32-30-28-26-24-22-20-18-16-14-12-10-8-5-2/h3-32H2,1-2H3. The van der Waals surface area contributed by atoms with Crippen LogP contribution in [0.15, 0.2) is 0 Å². The first kappa shape index (κ1) is 33.0. The van der Waals surface area contributed by atoms with Gasteiger partial charge in [0, 0.05) is 0 Å². The molecule has 1 heteroatoms. The molecule has 0 aromatic heterocycles. The first-order valence-electron chi connectivity index (χ1n) is 15.9. The highest BCUT2D eigenvalue weighted by atomic mass is 15.1. The monoisotopic (exact) mass is 465 g/mol. The Labute approximate surface area is 212 Å². The first-order chi connectivity index (χ1) is 16.3. The van der Waals surface area contributed by atoms with Crippen molar-refractivity contribution in [2.45, 2.75) is 181 Å². The zero-order valence-electron chi connectivity index (χ0n) is 23.7. The zero-order valence-corrected chi connectivity index (χ0v) is 23.7. The molecule has 0 spiro atoms. The lowest BCUT2D eigenvalue weighted by Crippen LogP contribution is -2.25. The van der Waals surface area contributed by atoms with Gasteiger partial charge in [-0.1, -0.05) is 168 Å². The van der Waals surface area contributed by atoms with Gasteiger partial charge in [-0.3, -0.25) is 0 Å². The van der Waals surface area contributed by atoms with E-state index in [1.54, 1.807) is 0 Å². The third kappa shape index (κ3) is 28.1. The van der Waals surface area contributed by atoms with Gasteiger partial charge in [0.2, 0.25) is 0 Å². The van der Waals surface area contributed by atoms with Crippen molar-refractivity contribution in [3.63, 3.8) is 0 Å². The van der Waals surface area contributed by atoms with Crippen LogP contribution >= 0.6 is 0 Å². The number of unbranched alkanes of at least 4 members (excludes halogenated alkanes) is 24. The minimum atomic E-state index is 0.997. The van der Waals surface area contributed by atoms with Gasteiger partial charge in [-0.05, 0) is 39.4 Å². The van der Waals surface area contributed by atoms with Crippen molar-refractivity contribution in [1.29, 1.82) is 0 Å². The second-order valence-corrected chi connectivity index (χ2v) is 10.8. The molecule has 0 N–H and O–H groups in total. The molecule has 0 heterocycles. The molecule has 0 aromatic carbocycles. The summed E-state index contributed by atoms with van der Waals surface area (Å²) >= 11 is 0. The summed E-state index contributed by atoms with van der Waals surface area (Å²) < 4.78 is 0. The van der Waals surface area contributed by atoms with Crippen molar-refractivity contribution in [2.75, 3.05) is 19.6 Å². The normalized spacial score (nSPS) is 11.6. The average Bonchev–Trinajstić information content (AvgIpc) is 2.83. The summed E-state index contributed by atoms with van der Waals surface area (Å²) in [6.07, 6.45) is 37.6. The predicted octanol–water partition coefficient (Wildman–Crippen LogP) is 11.3. The molecule has 0 rings (SSSR count). The van der Waals surface area contributed by atoms with Crippen molar-refractivity contribution in [1.82, 2.24) is 4.90 Å². The van der Waals surface area contributed by atoms with Gasteiger partial charge in [0.25, 0.3) is 0 Å². The van der Waals surface area contributed by atoms with Crippen LogP contribution in [0.2, 0.25) is 0 Å². The van der Waals surface area contributed by atoms with Crippen LogP contribution in [0.5, 0.6) is 0 Å². The quantitative estimate of drug-likeness (QED) is 0.0994. The molecule has 0 amide bonds. The summed E-state index contributed by atoms with van der Waals surface area (Å²) in [7, 11) is 0. The van der Waals surface area contributed by atoms with Crippen LogP contribution < -0.4 is 0 Å². The summed E-state index contributed by atoms with van der Waals surface area (Å²) in [5, 5.41) is 0. The van der Waals surface area contributed by atoms with E-state index >= 15 is 0 Å². The summed E-state index contributed by atoms with van der Waals surface area (Å²) in [4.78, 5) is 2.59. The van der Waals surface area contributed by atoms with Crippen molar-refractivity contribution >= 4 is 0 Å². The van der Waals surface area contributed by atoms with Gasteiger partial charge in [0.15, 0.2) is 0 Å². The second kappa shape index (κ2) is 30.0. The SMILES string of the molecule is [CH2]CN(CCCCCCCCCCCCCCC)CCCCCCCCCCCCCCC. The average molecular weight is 465 g/mol. The Kier molecular flexibility index (Phi) is 30.0. The predicted molar refractivity (Wildman–Crippen MR) is 153 cm³/mol. The second-order valence-electron chi connectivity index (χ2n) is 10.8. The maximum Gasteiger partial charge on any atom is -0.00183 e. The van der Waals surface area contributed by atoms with Gasteiger partial charge in [-0.15, -0.1) is 0 Å². The van der Waals surface area contributed by atoms with Gasteiger partial charge >= 0.3 is 0 Å². The van der Waals surface area contributed by atoms with Crippen LogP contribution in [0, 0.1) is 6.92 Å². The maximum absolute atomic E-state index is 4.17. The lowest BCUT2D eigenvalue weighted by molar-refractivity contribution is 0.285. The van der Waals surface area contributed by atoms with E-state index in [1.165, 1.54) is 180 Å². The highest BCUT2D eigenvalue weighted by molar-refractivity contribution is 4.60. The molecule has 1 radical (unpaired) electrons. The smallest absolute Gasteiger partial charge is 0.00183 e. The Morgan fingerprint density at radius 3 is 0.758 bits per heavy atom. The van der Waals surface area contributed by atoms with E-state index in [2.05, 4.69) is 25.7 Å². The van der Waals surface area contributed by atoms with E-state index in [0.29, 0.717) is 0 Å². The van der Waals surface area contributed by atoms with E-state index < -0.39 is 0 Å². The van der Waals surface area contributed by atoms with Crippen LogP contribution in [0.3, 0.4) is 0 Å². The van der Waals surface area contributed by atoms with Crippen molar-refractivity contribution in [3.05, 3.63) is 6.92 Å². The number of hydrogen-bond donors (Lipinski definition) is 0. The van der Waals surface area contributed by atoms with Crippen LogP contribution in [-0.2, 0) is 0 Å². The van der Waals surface area contributed by atoms with Crippen LogP contribution in [0.4, 0.5) is 0 Å². The minimum absolute atomic E-state index is 0.997. The fourth-order valence-corrected chi connectivity index (χ4v) is 5.04. The first-order valence-corrected chi connectivity index (χ1v) is 15.9. The molecule has 1 nitrogen and oxygen atoms in total. The zero-order chi connectivity index (χ0) is 24.1. The Morgan fingerprint density at radius 2 is 0.545 bits per heavy atom. The van der Waals surface area contributed by atoms with Crippen molar-refractivity contribution in [3.8, 4) is 0 Å². The van der Waals surface area contributed by atoms with Crippen LogP contribution in [-0.4, -0.2) is 24.5 Å². The molecule has 0 unspecified atom stereocenters. The Bertz CT molecular complexity index is 296. The lowest BCUT2D eigenvalue weighted by Gasteiger charge is -2.20. The van der Waals surface area contributed by atoms with E-state index in [9.17, 15) is 0 Å². The maximum atomic E-state index is 4.17. The lowest BCUT2D eigenvalue weighted by atomic mass is 10.0. The minimum Gasteiger partial charge on any atom is -0.303 e. The molecular formula is C32H66N. The topological polar surface area (TPSA) is 3.24 Å². The molecule has 0 atom stereocenters. The molecule has 0 aliphatic carbocycles. The van der Waals surface area contributed by atoms with Gasteiger partial charge < -0.3 is 4.90 Å². The van der Waals surface area contributed by atoms with Crippen molar-refractivity contribution < 1.29 is 0 Å². The van der Waals surface area contributed by atoms with Gasteiger partial charge in [-0.2, -0.15) is 0 Å². The molecule has 0 fully saturated rings. The molecule has 33 heavy (non-hydrogen) atoms. The highest BCUT2D eigenvalue weighted by Gasteiger charge is 2.02. The fourth-order valence-electron chi connectivity index (χ4n) is 5.04. The summed E-state index contributed by atoms with van der Waals surface area (Å²) in [5.41, 5.74) is 0. The van der Waals surface area contributed by atoms with E-state index in [4.69, 9.17) is 0 Å². The molecule has 0 aromatic rings. The molecule has 0 saturated carbocycles. The number of nitrogens with zero attached hydrogens (tertiary/aromatic N) is 1. The fraction of sp³-hybridized carbons (Fsp3) is 0.969. The Balaban J connectivity index is 3.26. The molecule has 199 valence electrons. The highest BCUT2D eigenvalue weighted by Crippen LogP contribution is 2.14. The number of rotatable bonds is 29. The third-order valence-corrected chi connectivity index (χ3v) is 7.47. The third-order valence-electron chi connectivity index (χ3n) is 7.47. The molecule has 0 bridgehead atoms. The number of hydrogen-bond acceptors (Lipinski definition) is 1. The van der Waals surface area contributed by atoms with Gasteiger partial charge in [0.05, 0.1) is 0 Å². The largest absolute Gasteiger partial charge is 0.303 e. The summed E-state index contributed by atoms with van der Waals surface area (Å²) in [6, 6.07) is 0. The van der Waals surface area contributed by atoms with E-state index in [-0.39, 0.29) is 0 Å². The van der Waals surface area contributed by atoms with Crippen LogP contribution in [0.1, 0.15) is 181 Å². The molecule has 0 aliphatic rings. The summed E-state index contributed by atoms with van der Waals surface area (Å²) in [6.45, 7) is 12.3. The molecular weight excluding hydrogens is 398 g/mol. The van der Waals surface area contributed by atoms with Gasteiger partial charge in [-0.25, -0.2) is 0 Å². The van der Waals surface area contributed by atoms with Gasteiger partial charge in [0.1, 0.15) is 0 Å². The van der Waals surface area contributed by atoms with E-state index in [0.717, 1.165) is 6.54 Å². The molecule has 0 saturated heterocycles. The Hall–Kier alpha value is -0.0400. The van der Waals surface area contributed by atoms with Crippen molar-refractivity contribution in [2.24, 2.45) is 0 Å². The van der Waals surface area contributed by atoms with Crippen LogP contribution in [0.25, 0.3) is 0 Å². The molecule has 0 aliphatic heterocycles. The Morgan fingerprint density at radius 1 is 0.333 bits per heavy atom.